The van der Waals surface area contributed by atoms with Crippen LogP contribution in [0.2, 0.25) is 0 Å². The fourth-order valence-electron chi connectivity index (χ4n) is 2.72. The summed E-state index contributed by atoms with van der Waals surface area (Å²) in [5.41, 5.74) is 1.42. The van der Waals surface area contributed by atoms with Crippen LogP contribution < -0.4 is 5.32 Å². The van der Waals surface area contributed by atoms with Crippen LogP contribution in [0.15, 0.2) is 11.4 Å². The minimum atomic E-state index is -3.03. The molecule has 2 heterocycles. The predicted octanol–water partition coefficient (Wildman–Crippen LogP) is 2.07. The summed E-state index contributed by atoms with van der Waals surface area (Å²) in [6, 6.07) is 2.19. The van der Waals surface area contributed by atoms with Crippen molar-refractivity contribution in [2.24, 2.45) is 5.92 Å². The van der Waals surface area contributed by atoms with Crippen molar-refractivity contribution in [1.29, 1.82) is 0 Å². The fourth-order valence-corrected chi connectivity index (χ4v) is 4.61. The van der Waals surface area contributed by atoms with E-state index in [0.29, 0.717) is 19.0 Å². The van der Waals surface area contributed by atoms with E-state index in [1.54, 1.807) is 15.6 Å². The molecule has 114 valence electrons. The fraction of sp³-hybridized carbons (Fsp3) is 0.714. The van der Waals surface area contributed by atoms with Crippen LogP contribution in [0.1, 0.15) is 30.2 Å². The van der Waals surface area contributed by atoms with Crippen LogP contribution >= 0.6 is 11.3 Å². The Bertz CT molecular complexity index is 525. The molecule has 0 aromatic carbocycles. The topological polar surface area (TPSA) is 49.4 Å². The Morgan fingerprint density at radius 3 is 3.00 bits per heavy atom. The molecular weight excluding hydrogens is 292 g/mol. The lowest BCUT2D eigenvalue weighted by atomic mass is 10.00. The largest absolute Gasteiger partial charge is 0.312 e. The molecule has 1 N–H and O–H groups in total. The van der Waals surface area contributed by atoms with E-state index < -0.39 is 10.0 Å². The van der Waals surface area contributed by atoms with Crippen molar-refractivity contribution in [1.82, 2.24) is 9.62 Å². The highest BCUT2D eigenvalue weighted by Crippen LogP contribution is 2.19. The summed E-state index contributed by atoms with van der Waals surface area (Å²) < 4.78 is 24.8. The number of rotatable bonds is 6. The summed E-state index contributed by atoms with van der Waals surface area (Å²) in [6.45, 7) is 5.32. The third kappa shape index (κ3) is 4.28. The lowest BCUT2D eigenvalue weighted by Crippen LogP contribution is -2.42. The molecule has 6 heteroatoms. The molecule has 4 nitrogen and oxygen atoms in total. The molecule has 0 saturated carbocycles. The molecule has 0 aliphatic carbocycles. The number of hydrogen-bond donors (Lipinski definition) is 1. The van der Waals surface area contributed by atoms with Gasteiger partial charge in [0.1, 0.15) is 0 Å². The maximum atomic E-state index is 11.6. The standard InChI is InChI=1S/C14H24N2O2S2/c1-3-13-6-8-19-14(13)10-15-9-12-5-4-7-16(11-12)20(2,17)18/h6,8,12,15H,3-5,7,9-11H2,1-2H3. The van der Waals surface area contributed by atoms with Crippen LogP contribution in [0.25, 0.3) is 0 Å². The lowest BCUT2D eigenvalue weighted by Gasteiger charge is -2.31. The van der Waals surface area contributed by atoms with E-state index in [0.717, 1.165) is 32.4 Å². The Morgan fingerprint density at radius 1 is 1.50 bits per heavy atom. The predicted molar refractivity (Wildman–Crippen MR) is 84.5 cm³/mol. The van der Waals surface area contributed by atoms with E-state index in [4.69, 9.17) is 0 Å². The van der Waals surface area contributed by atoms with Gasteiger partial charge in [0.05, 0.1) is 6.26 Å². The Balaban J connectivity index is 1.79. The molecule has 1 aliphatic rings. The average Bonchev–Trinajstić information content (AvgIpc) is 2.86. The number of piperidine rings is 1. The average molecular weight is 316 g/mol. The van der Waals surface area contributed by atoms with Crippen LogP contribution in [-0.2, 0) is 23.0 Å². The van der Waals surface area contributed by atoms with E-state index in [9.17, 15) is 8.42 Å². The summed E-state index contributed by atoms with van der Waals surface area (Å²) >= 11 is 1.80. The SMILES string of the molecule is CCc1ccsc1CNCC1CCCN(S(C)(=O)=O)C1. The second-order valence-electron chi connectivity index (χ2n) is 5.48. The van der Waals surface area contributed by atoms with Crippen molar-refractivity contribution in [3.05, 3.63) is 21.9 Å². The Morgan fingerprint density at radius 2 is 2.30 bits per heavy atom. The van der Waals surface area contributed by atoms with Gasteiger partial charge in [0.2, 0.25) is 10.0 Å². The highest BCUT2D eigenvalue weighted by molar-refractivity contribution is 7.88. The van der Waals surface area contributed by atoms with Gasteiger partial charge in [0.15, 0.2) is 0 Å². The normalized spacial score (nSPS) is 21.2. The van der Waals surface area contributed by atoms with Gasteiger partial charge in [-0.3, -0.25) is 0 Å². The number of hydrogen-bond acceptors (Lipinski definition) is 4. The van der Waals surface area contributed by atoms with Gasteiger partial charge in [-0.05, 0) is 48.7 Å². The molecule has 1 atom stereocenters. The Hall–Kier alpha value is -0.430. The molecule has 2 rings (SSSR count). The summed E-state index contributed by atoms with van der Waals surface area (Å²) in [5.74, 6) is 0.434. The molecule has 0 bridgehead atoms. The third-order valence-electron chi connectivity index (χ3n) is 3.89. The Labute approximate surface area is 126 Å². The van der Waals surface area contributed by atoms with E-state index in [1.807, 2.05) is 0 Å². The van der Waals surface area contributed by atoms with Crippen LogP contribution in [0, 0.1) is 5.92 Å². The molecule has 0 spiro atoms. The third-order valence-corrected chi connectivity index (χ3v) is 6.12. The smallest absolute Gasteiger partial charge is 0.211 e. The first-order valence-corrected chi connectivity index (χ1v) is 9.94. The molecular formula is C14H24N2O2S2. The van der Waals surface area contributed by atoms with Gasteiger partial charge >= 0.3 is 0 Å². The zero-order valence-corrected chi connectivity index (χ0v) is 13.9. The highest BCUT2D eigenvalue weighted by atomic mass is 32.2. The van der Waals surface area contributed by atoms with Gasteiger partial charge in [0.25, 0.3) is 0 Å². The highest BCUT2D eigenvalue weighted by Gasteiger charge is 2.25. The number of aryl methyl sites for hydroxylation is 1. The van der Waals surface area contributed by atoms with Gasteiger partial charge < -0.3 is 5.32 Å². The first-order chi connectivity index (χ1) is 9.50. The Kier molecular flexibility index (Phi) is 5.60. The monoisotopic (exact) mass is 316 g/mol. The van der Waals surface area contributed by atoms with Crippen LogP contribution in [0.4, 0.5) is 0 Å². The first kappa shape index (κ1) is 15.9. The second kappa shape index (κ2) is 7.02. The summed E-state index contributed by atoms with van der Waals surface area (Å²) in [6.07, 6.45) is 4.47. The molecule has 1 aromatic rings. The number of nitrogens with one attached hydrogen (secondary N) is 1. The van der Waals surface area contributed by atoms with Gasteiger partial charge in [-0.2, -0.15) is 0 Å². The molecule has 1 aliphatic heterocycles. The van der Waals surface area contributed by atoms with E-state index >= 15 is 0 Å². The maximum Gasteiger partial charge on any atom is 0.211 e. The molecule has 0 amide bonds. The van der Waals surface area contributed by atoms with Crippen molar-refractivity contribution >= 4 is 21.4 Å². The maximum absolute atomic E-state index is 11.6. The van der Waals surface area contributed by atoms with E-state index in [2.05, 4.69) is 23.7 Å². The molecule has 1 fully saturated rings. The van der Waals surface area contributed by atoms with Gasteiger partial charge in [0, 0.05) is 24.5 Å². The van der Waals surface area contributed by atoms with Crippen molar-refractivity contribution in [2.45, 2.75) is 32.7 Å². The van der Waals surface area contributed by atoms with Gasteiger partial charge in [-0.1, -0.05) is 6.92 Å². The van der Waals surface area contributed by atoms with Crippen molar-refractivity contribution in [3.63, 3.8) is 0 Å². The molecule has 1 unspecified atom stereocenters. The first-order valence-electron chi connectivity index (χ1n) is 7.21. The zero-order chi connectivity index (χ0) is 14.6. The molecule has 1 aromatic heterocycles. The van der Waals surface area contributed by atoms with Crippen molar-refractivity contribution < 1.29 is 8.42 Å². The summed E-state index contributed by atoms with van der Waals surface area (Å²) in [4.78, 5) is 1.41. The minimum Gasteiger partial charge on any atom is -0.312 e. The van der Waals surface area contributed by atoms with Crippen LogP contribution in [0.3, 0.4) is 0 Å². The van der Waals surface area contributed by atoms with Crippen LogP contribution in [0.5, 0.6) is 0 Å². The summed E-state index contributed by atoms with van der Waals surface area (Å²) in [7, 11) is -3.03. The number of nitrogens with zero attached hydrogens (tertiary/aromatic N) is 1. The van der Waals surface area contributed by atoms with Crippen LogP contribution in [-0.4, -0.2) is 38.6 Å². The van der Waals surface area contributed by atoms with Crippen molar-refractivity contribution in [2.75, 3.05) is 25.9 Å². The number of sulfonamides is 1. The van der Waals surface area contributed by atoms with E-state index in [-0.39, 0.29) is 0 Å². The minimum absolute atomic E-state index is 0.434. The quantitative estimate of drug-likeness (QED) is 0.874. The van der Waals surface area contributed by atoms with E-state index in [1.165, 1.54) is 16.7 Å². The van der Waals surface area contributed by atoms with Crippen molar-refractivity contribution in [3.8, 4) is 0 Å². The number of thiophene rings is 1. The van der Waals surface area contributed by atoms with Gasteiger partial charge in [-0.15, -0.1) is 11.3 Å². The molecule has 0 radical (unpaired) electrons. The second-order valence-corrected chi connectivity index (χ2v) is 8.47. The summed E-state index contributed by atoms with van der Waals surface area (Å²) in [5, 5.41) is 5.63. The molecule has 1 saturated heterocycles. The molecule has 20 heavy (non-hydrogen) atoms. The lowest BCUT2D eigenvalue weighted by molar-refractivity contribution is 0.261. The van der Waals surface area contributed by atoms with Gasteiger partial charge in [-0.25, -0.2) is 12.7 Å². The zero-order valence-electron chi connectivity index (χ0n) is 12.3.